The molecule has 0 aliphatic carbocycles. The molecule has 1 heterocycles. The minimum Gasteiger partial charge on any atom is -0.464 e. The number of carbonyl (C=O) groups is 1. The summed E-state index contributed by atoms with van der Waals surface area (Å²) in [7, 11) is 0. The molecule has 0 bridgehead atoms. The van der Waals surface area contributed by atoms with Crippen LogP contribution >= 0.6 is 0 Å². The number of halogens is 1. The standard InChI is InChI=1S/C15H18FNO2/c1-2-3-4-9-19-15(18)11-17-8-7-12-10-13(16)5-6-14(12)17/h5-8,10H,2-4,9,11H2,1H3. The topological polar surface area (TPSA) is 31.2 Å². The van der Waals surface area contributed by atoms with Gasteiger partial charge in [0.05, 0.1) is 6.61 Å². The smallest absolute Gasteiger partial charge is 0.325 e. The lowest BCUT2D eigenvalue weighted by Crippen LogP contribution is -2.13. The van der Waals surface area contributed by atoms with E-state index in [-0.39, 0.29) is 18.3 Å². The predicted octanol–water partition coefficient (Wildman–Crippen LogP) is 3.51. The molecule has 0 unspecified atom stereocenters. The summed E-state index contributed by atoms with van der Waals surface area (Å²) < 4.78 is 20.0. The van der Waals surface area contributed by atoms with Crippen molar-refractivity contribution in [2.75, 3.05) is 6.61 Å². The minimum absolute atomic E-state index is 0.168. The van der Waals surface area contributed by atoms with Crippen LogP contribution in [0.4, 0.5) is 4.39 Å². The van der Waals surface area contributed by atoms with Gasteiger partial charge in [0.1, 0.15) is 12.4 Å². The number of fused-ring (bicyclic) bond motifs is 1. The van der Waals surface area contributed by atoms with Crippen LogP contribution in [0.25, 0.3) is 10.9 Å². The zero-order valence-corrected chi connectivity index (χ0v) is 11.1. The molecule has 1 aromatic heterocycles. The van der Waals surface area contributed by atoms with Crippen LogP contribution in [0.2, 0.25) is 0 Å². The first-order valence-corrected chi connectivity index (χ1v) is 6.60. The Labute approximate surface area is 112 Å². The van der Waals surface area contributed by atoms with Gasteiger partial charge < -0.3 is 9.30 Å². The summed E-state index contributed by atoms with van der Waals surface area (Å²) >= 11 is 0. The fourth-order valence-electron chi connectivity index (χ4n) is 2.03. The fourth-order valence-corrected chi connectivity index (χ4v) is 2.03. The Hall–Kier alpha value is -1.84. The van der Waals surface area contributed by atoms with E-state index in [1.54, 1.807) is 22.9 Å². The number of unbranched alkanes of at least 4 members (excludes halogenated alkanes) is 2. The molecule has 102 valence electrons. The van der Waals surface area contributed by atoms with Crippen LogP contribution < -0.4 is 0 Å². The Morgan fingerprint density at radius 2 is 2.16 bits per heavy atom. The number of rotatable bonds is 6. The number of carbonyl (C=O) groups excluding carboxylic acids is 1. The molecule has 0 aliphatic rings. The quantitative estimate of drug-likeness (QED) is 0.590. The molecule has 0 atom stereocenters. The Morgan fingerprint density at radius 3 is 2.95 bits per heavy atom. The summed E-state index contributed by atoms with van der Waals surface area (Å²) in [6, 6.07) is 6.32. The Bertz CT molecular complexity index is 562. The van der Waals surface area contributed by atoms with Crippen molar-refractivity contribution in [3.8, 4) is 0 Å². The molecule has 3 nitrogen and oxygen atoms in total. The fraction of sp³-hybridized carbons (Fsp3) is 0.400. The molecule has 0 spiro atoms. The van der Waals surface area contributed by atoms with Gasteiger partial charge in [0.2, 0.25) is 0 Å². The van der Waals surface area contributed by atoms with E-state index >= 15 is 0 Å². The number of hydrogen-bond acceptors (Lipinski definition) is 2. The summed E-state index contributed by atoms with van der Waals surface area (Å²) in [5, 5.41) is 0.791. The van der Waals surface area contributed by atoms with Gasteiger partial charge in [-0.1, -0.05) is 19.8 Å². The molecule has 0 amide bonds. The Morgan fingerprint density at radius 1 is 1.32 bits per heavy atom. The van der Waals surface area contributed by atoms with Crippen LogP contribution in [0.15, 0.2) is 30.5 Å². The van der Waals surface area contributed by atoms with Gasteiger partial charge in [0, 0.05) is 17.1 Å². The van der Waals surface area contributed by atoms with Gasteiger partial charge in [-0.05, 0) is 30.7 Å². The summed E-state index contributed by atoms with van der Waals surface area (Å²) in [4.78, 5) is 11.7. The highest BCUT2D eigenvalue weighted by Crippen LogP contribution is 2.17. The summed E-state index contributed by atoms with van der Waals surface area (Å²) in [6.45, 7) is 2.74. The number of esters is 1. The van der Waals surface area contributed by atoms with Gasteiger partial charge in [0.25, 0.3) is 0 Å². The molecule has 19 heavy (non-hydrogen) atoms. The zero-order chi connectivity index (χ0) is 13.7. The molecule has 2 aromatic rings. The number of benzene rings is 1. The monoisotopic (exact) mass is 263 g/mol. The minimum atomic E-state index is -0.271. The van der Waals surface area contributed by atoms with E-state index in [1.807, 2.05) is 0 Å². The SMILES string of the molecule is CCCCCOC(=O)Cn1ccc2cc(F)ccc21. The van der Waals surface area contributed by atoms with Crippen LogP contribution in [0.3, 0.4) is 0 Å². The molecule has 4 heteroatoms. The van der Waals surface area contributed by atoms with Crippen LogP contribution in [0, 0.1) is 5.82 Å². The van der Waals surface area contributed by atoms with Crippen LogP contribution in [-0.2, 0) is 16.1 Å². The van der Waals surface area contributed by atoms with E-state index < -0.39 is 0 Å². The maximum absolute atomic E-state index is 13.0. The third-order valence-corrected chi connectivity index (χ3v) is 3.04. The largest absolute Gasteiger partial charge is 0.464 e. The third-order valence-electron chi connectivity index (χ3n) is 3.04. The van der Waals surface area contributed by atoms with Crippen molar-refractivity contribution in [2.45, 2.75) is 32.7 Å². The van der Waals surface area contributed by atoms with E-state index in [0.29, 0.717) is 6.61 Å². The van der Waals surface area contributed by atoms with E-state index in [1.165, 1.54) is 12.1 Å². The van der Waals surface area contributed by atoms with Crippen LogP contribution in [0.5, 0.6) is 0 Å². The van der Waals surface area contributed by atoms with E-state index in [9.17, 15) is 9.18 Å². The molecule has 0 fully saturated rings. The van der Waals surface area contributed by atoms with Crippen molar-refractivity contribution >= 4 is 16.9 Å². The normalized spacial score (nSPS) is 10.8. The second-order valence-corrected chi connectivity index (χ2v) is 4.57. The van der Waals surface area contributed by atoms with Crippen molar-refractivity contribution in [2.24, 2.45) is 0 Å². The van der Waals surface area contributed by atoms with E-state index in [4.69, 9.17) is 4.74 Å². The highest BCUT2D eigenvalue weighted by Gasteiger charge is 2.07. The molecular formula is C15H18FNO2. The van der Waals surface area contributed by atoms with Crippen molar-refractivity contribution in [3.63, 3.8) is 0 Å². The third kappa shape index (κ3) is 3.56. The van der Waals surface area contributed by atoms with E-state index in [2.05, 4.69) is 6.92 Å². The first-order chi connectivity index (χ1) is 9.20. The summed E-state index contributed by atoms with van der Waals surface area (Å²) in [5.74, 6) is -0.523. The lowest BCUT2D eigenvalue weighted by atomic mass is 10.2. The molecule has 0 saturated heterocycles. The van der Waals surface area contributed by atoms with Crippen molar-refractivity contribution in [3.05, 3.63) is 36.3 Å². The number of aromatic nitrogens is 1. The van der Waals surface area contributed by atoms with Gasteiger partial charge in [0.15, 0.2) is 0 Å². The zero-order valence-electron chi connectivity index (χ0n) is 11.1. The number of hydrogen-bond donors (Lipinski definition) is 0. The second-order valence-electron chi connectivity index (χ2n) is 4.57. The van der Waals surface area contributed by atoms with Crippen molar-refractivity contribution in [1.82, 2.24) is 4.57 Å². The average molecular weight is 263 g/mol. The average Bonchev–Trinajstić information content (AvgIpc) is 2.77. The molecule has 0 N–H and O–H groups in total. The molecule has 0 radical (unpaired) electrons. The highest BCUT2D eigenvalue weighted by molar-refractivity contribution is 5.82. The Kier molecular flexibility index (Phi) is 4.55. The van der Waals surface area contributed by atoms with Crippen LogP contribution in [0.1, 0.15) is 26.2 Å². The maximum atomic E-state index is 13.0. The molecular weight excluding hydrogens is 245 g/mol. The van der Waals surface area contributed by atoms with Crippen molar-refractivity contribution in [1.29, 1.82) is 0 Å². The Balaban J connectivity index is 1.95. The molecule has 1 aromatic carbocycles. The predicted molar refractivity (Wildman–Crippen MR) is 72.4 cm³/mol. The van der Waals surface area contributed by atoms with Gasteiger partial charge in [-0.15, -0.1) is 0 Å². The summed E-state index contributed by atoms with van der Waals surface area (Å²) in [5.41, 5.74) is 0.840. The highest BCUT2D eigenvalue weighted by atomic mass is 19.1. The second kappa shape index (κ2) is 6.36. The number of ether oxygens (including phenoxy) is 1. The maximum Gasteiger partial charge on any atom is 0.325 e. The van der Waals surface area contributed by atoms with Crippen LogP contribution in [-0.4, -0.2) is 17.1 Å². The lowest BCUT2D eigenvalue weighted by molar-refractivity contribution is -0.144. The van der Waals surface area contributed by atoms with Crippen molar-refractivity contribution < 1.29 is 13.9 Å². The number of nitrogens with zero attached hydrogens (tertiary/aromatic N) is 1. The van der Waals surface area contributed by atoms with Gasteiger partial charge in [-0.3, -0.25) is 4.79 Å². The molecule has 2 rings (SSSR count). The van der Waals surface area contributed by atoms with Gasteiger partial charge >= 0.3 is 5.97 Å². The summed E-state index contributed by atoms with van der Waals surface area (Å²) in [6.07, 6.45) is 4.85. The molecule has 0 saturated carbocycles. The molecule has 0 aliphatic heterocycles. The van der Waals surface area contributed by atoms with E-state index in [0.717, 1.165) is 30.2 Å². The van der Waals surface area contributed by atoms with Gasteiger partial charge in [-0.25, -0.2) is 4.39 Å². The lowest BCUT2D eigenvalue weighted by Gasteiger charge is -2.06. The van der Waals surface area contributed by atoms with Gasteiger partial charge in [-0.2, -0.15) is 0 Å². The first kappa shape index (κ1) is 13.6. The first-order valence-electron chi connectivity index (χ1n) is 6.60.